The predicted octanol–water partition coefficient (Wildman–Crippen LogP) is 2.10. The van der Waals surface area contributed by atoms with E-state index in [1.807, 2.05) is 12.3 Å². The molecule has 6 nitrogen and oxygen atoms in total. The molecule has 1 aliphatic carbocycles. The van der Waals surface area contributed by atoms with Crippen LogP contribution in [0.3, 0.4) is 0 Å². The molecule has 110 valence electrons. The zero-order valence-corrected chi connectivity index (χ0v) is 12.4. The highest BCUT2D eigenvalue weighted by Crippen LogP contribution is 2.41. The summed E-state index contributed by atoms with van der Waals surface area (Å²) in [4.78, 5) is 7.55. The molecular weight excluding hydrogens is 264 g/mol. The van der Waals surface area contributed by atoms with Crippen LogP contribution in [0, 0.1) is 5.92 Å². The van der Waals surface area contributed by atoms with Crippen LogP contribution in [-0.2, 0) is 0 Å². The Labute approximate surface area is 123 Å². The second-order valence-corrected chi connectivity index (χ2v) is 5.95. The molecule has 3 aromatic heterocycles. The third-order valence-corrected chi connectivity index (χ3v) is 4.93. The van der Waals surface area contributed by atoms with Crippen molar-refractivity contribution in [1.29, 1.82) is 0 Å². The van der Waals surface area contributed by atoms with Gasteiger partial charge in [-0.15, -0.1) is 10.2 Å². The Kier molecular flexibility index (Phi) is 2.92. The highest BCUT2D eigenvalue weighted by Gasteiger charge is 2.36. The van der Waals surface area contributed by atoms with Gasteiger partial charge in [0.1, 0.15) is 5.82 Å². The summed E-state index contributed by atoms with van der Waals surface area (Å²) in [6, 6.07) is 2.63. The van der Waals surface area contributed by atoms with Gasteiger partial charge >= 0.3 is 0 Å². The molecule has 1 saturated carbocycles. The van der Waals surface area contributed by atoms with Crippen LogP contribution in [0.1, 0.15) is 37.9 Å². The van der Waals surface area contributed by atoms with Crippen molar-refractivity contribution in [3.05, 3.63) is 24.3 Å². The lowest BCUT2D eigenvalue weighted by molar-refractivity contribution is 0.448. The van der Waals surface area contributed by atoms with E-state index < -0.39 is 0 Å². The Bertz CT molecular complexity index is 773. The van der Waals surface area contributed by atoms with Crippen molar-refractivity contribution in [3.8, 4) is 0 Å². The second kappa shape index (κ2) is 4.80. The fourth-order valence-electron chi connectivity index (χ4n) is 3.77. The van der Waals surface area contributed by atoms with Crippen molar-refractivity contribution in [1.82, 2.24) is 29.9 Å². The number of aromatic nitrogens is 5. The molecule has 0 bridgehead atoms. The van der Waals surface area contributed by atoms with E-state index in [1.54, 1.807) is 6.20 Å². The third kappa shape index (κ3) is 1.86. The summed E-state index contributed by atoms with van der Waals surface area (Å²) in [6.45, 7) is 2.27. The number of rotatable bonds is 3. The molecule has 1 fully saturated rings. The molecule has 0 aromatic carbocycles. The first-order valence-corrected chi connectivity index (χ1v) is 7.66. The highest BCUT2D eigenvalue weighted by atomic mass is 15.3. The highest BCUT2D eigenvalue weighted by molar-refractivity contribution is 5.74. The molecule has 3 heterocycles. The van der Waals surface area contributed by atoms with Gasteiger partial charge in [-0.05, 0) is 31.9 Å². The van der Waals surface area contributed by atoms with E-state index in [-0.39, 0.29) is 0 Å². The van der Waals surface area contributed by atoms with Gasteiger partial charge in [0, 0.05) is 18.2 Å². The molecule has 3 aromatic rings. The fraction of sp³-hybridized carbons (Fsp3) is 0.533. The molecule has 1 unspecified atom stereocenters. The van der Waals surface area contributed by atoms with Crippen molar-refractivity contribution in [2.45, 2.75) is 38.1 Å². The number of nitrogens with one attached hydrogen (secondary N) is 2. The lowest BCUT2D eigenvalue weighted by Gasteiger charge is -2.16. The molecule has 3 atom stereocenters. The largest absolute Gasteiger partial charge is 0.345 e. The van der Waals surface area contributed by atoms with Crippen LogP contribution in [0.4, 0.5) is 0 Å². The van der Waals surface area contributed by atoms with Gasteiger partial charge in [0.05, 0.1) is 11.7 Å². The van der Waals surface area contributed by atoms with Crippen LogP contribution >= 0.6 is 0 Å². The normalized spacial score (nSPS) is 26.1. The van der Waals surface area contributed by atoms with E-state index in [1.165, 1.54) is 12.8 Å². The van der Waals surface area contributed by atoms with Gasteiger partial charge in [0.15, 0.2) is 11.3 Å². The fourth-order valence-corrected chi connectivity index (χ4v) is 3.77. The van der Waals surface area contributed by atoms with Crippen LogP contribution in [0.2, 0.25) is 0 Å². The lowest BCUT2D eigenvalue weighted by atomic mass is 9.93. The van der Waals surface area contributed by atoms with Crippen LogP contribution < -0.4 is 5.32 Å². The third-order valence-electron chi connectivity index (χ3n) is 4.93. The minimum absolute atomic E-state index is 0.461. The Morgan fingerprint density at radius 1 is 1.38 bits per heavy atom. The van der Waals surface area contributed by atoms with Crippen molar-refractivity contribution < 1.29 is 0 Å². The van der Waals surface area contributed by atoms with Crippen molar-refractivity contribution in [2.75, 3.05) is 7.05 Å². The smallest absolute Gasteiger partial charge is 0.179 e. The number of aromatic amines is 1. The predicted molar refractivity (Wildman–Crippen MR) is 81.2 cm³/mol. The minimum atomic E-state index is 0.461. The second-order valence-electron chi connectivity index (χ2n) is 5.95. The summed E-state index contributed by atoms with van der Waals surface area (Å²) in [5, 5.41) is 12.3. The number of hydrogen-bond acceptors (Lipinski definition) is 4. The van der Waals surface area contributed by atoms with Crippen molar-refractivity contribution in [2.24, 2.45) is 5.92 Å². The Morgan fingerprint density at radius 3 is 3.10 bits per heavy atom. The number of fused-ring (bicyclic) bond motifs is 3. The van der Waals surface area contributed by atoms with Gasteiger partial charge < -0.3 is 10.3 Å². The van der Waals surface area contributed by atoms with E-state index >= 15 is 0 Å². The van der Waals surface area contributed by atoms with Crippen LogP contribution in [0.25, 0.3) is 16.8 Å². The monoisotopic (exact) mass is 284 g/mol. The van der Waals surface area contributed by atoms with Gasteiger partial charge in [0.25, 0.3) is 0 Å². The van der Waals surface area contributed by atoms with Gasteiger partial charge in [-0.1, -0.05) is 13.3 Å². The first-order valence-electron chi connectivity index (χ1n) is 7.66. The summed E-state index contributed by atoms with van der Waals surface area (Å²) in [7, 11) is 2.05. The molecular formula is C15H20N6. The Morgan fingerprint density at radius 2 is 2.29 bits per heavy atom. The summed E-state index contributed by atoms with van der Waals surface area (Å²) in [5.41, 5.74) is 2.79. The molecule has 0 saturated heterocycles. The van der Waals surface area contributed by atoms with E-state index in [2.05, 4.69) is 43.9 Å². The van der Waals surface area contributed by atoms with E-state index in [9.17, 15) is 0 Å². The van der Waals surface area contributed by atoms with E-state index in [0.29, 0.717) is 17.9 Å². The SMILES string of the molecule is CC[C@H]1CC(NC)C[C@H]1c1nnc2cnc3[nH]ccc3n12. The van der Waals surface area contributed by atoms with Crippen LogP contribution in [0.5, 0.6) is 0 Å². The zero-order valence-electron chi connectivity index (χ0n) is 12.4. The Hall–Kier alpha value is -1.95. The quantitative estimate of drug-likeness (QED) is 0.772. The summed E-state index contributed by atoms with van der Waals surface area (Å²) in [6.07, 6.45) is 7.24. The zero-order chi connectivity index (χ0) is 14.4. The molecule has 0 aliphatic heterocycles. The molecule has 1 aliphatic rings. The maximum Gasteiger partial charge on any atom is 0.179 e. The molecule has 0 radical (unpaired) electrons. The number of H-pyrrole nitrogens is 1. The van der Waals surface area contributed by atoms with E-state index in [0.717, 1.165) is 29.1 Å². The average molecular weight is 284 g/mol. The molecule has 4 rings (SSSR count). The Balaban J connectivity index is 1.88. The summed E-state index contributed by atoms with van der Waals surface area (Å²) in [5.74, 6) is 2.21. The summed E-state index contributed by atoms with van der Waals surface area (Å²) < 4.78 is 2.17. The van der Waals surface area contributed by atoms with Crippen LogP contribution in [-0.4, -0.2) is 37.7 Å². The maximum absolute atomic E-state index is 4.51. The van der Waals surface area contributed by atoms with Gasteiger partial charge in [-0.25, -0.2) is 4.98 Å². The average Bonchev–Trinajstić information content (AvgIpc) is 3.22. The molecule has 6 heteroatoms. The summed E-state index contributed by atoms with van der Waals surface area (Å²) >= 11 is 0. The molecule has 2 N–H and O–H groups in total. The van der Waals surface area contributed by atoms with Gasteiger partial charge in [0.2, 0.25) is 0 Å². The van der Waals surface area contributed by atoms with Crippen LogP contribution in [0.15, 0.2) is 18.5 Å². The number of nitrogens with zero attached hydrogens (tertiary/aromatic N) is 4. The topological polar surface area (TPSA) is 70.9 Å². The first kappa shape index (κ1) is 12.8. The van der Waals surface area contributed by atoms with Crippen molar-refractivity contribution >= 4 is 16.8 Å². The standard InChI is InChI=1S/C15H20N6/c1-3-9-6-10(16-2)7-11(9)15-20-19-13-8-18-14-12(21(13)15)4-5-17-14/h4-5,8-11,16-17H,3,6-7H2,1-2H3/t9-,10?,11+/m0/s1. The van der Waals surface area contributed by atoms with Crippen molar-refractivity contribution in [3.63, 3.8) is 0 Å². The lowest BCUT2D eigenvalue weighted by Crippen LogP contribution is -2.21. The van der Waals surface area contributed by atoms with Gasteiger partial charge in [-0.3, -0.25) is 4.40 Å². The molecule has 0 amide bonds. The van der Waals surface area contributed by atoms with E-state index in [4.69, 9.17) is 0 Å². The first-order chi connectivity index (χ1) is 10.3. The van der Waals surface area contributed by atoms with Gasteiger partial charge in [-0.2, -0.15) is 0 Å². The number of hydrogen-bond donors (Lipinski definition) is 2. The maximum atomic E-state index is 4.51. The molecule has 0 spiro atoms. The minimum Gasteiger partial charge on any atom is -0.345 e. The molecule has 21 heavy (non-hydrogen) atoms.